The summed E-state index contributed by atoms with van der Waals surface area (Å²) in [6, 6.07) is 15.8. The Labute approximate surface area is 169 Å². The molecule has 2 heterocycles. The Morgan fingerprint density at radius 2 is 2.10 bits per heavy atom. The highest BCUT2D eigenvalue weighted by Crippen LogP contribution is 2.43. The van der Waals surface area contributed by atoms with Gasteiger partial charge in [0.05, 0.1) is 12.0 Å². The highest BCUT2D eigenvalue weighted by Gasteiger charge is 2.50. The number of hydrogen-bond donors (Lipinski definition) is 2. The summed E-state index contributed by atoms with van der Waals surface area (Å²) in [7, 11) is 0. The van der Waals surface area contributed by atoms with Gasteiger partial charge in [-0.15, -0.1) is 0 Å². The number of fused-ring (bicyclic) bond motifs is 1. The maximum atomic E-state index is 13.0. The maximum Gasteiger partial charge on any atom is 0.267 e. The Morgan fingerprint density at radius 3 is 2.86 bits per heavy atom. The number of carbonyl (C=O) groups is 2. The predicted molar refractivity (Wildman–Crippen MR) is 109 cm³/mol. The van der Waals surface area contributed by atoms with Gasteiger partial charge in [-0.2, -0.15) is 0 Å². The Morgan fingerprint density at radius 1 is 1.31 bits per heavy atom. The second kappa shape index (κ2) is 7.81. The SMILES string of the molecule is CC1N(Cc2ccccc2)CCC12CC(=O)c1cc(/C=C/C(=O)NO)ccc1O2. The minimum absolute atomic E-state index is 0.0570. The molecule has 0 saturated carbocycles. The molecule has 0 aromatic heterocycles. The van der Waals surface area contributed by atoms with Crippen molar-refractivity contribution in [1.29, 1.82) is 0 Å². The van der Waals surface area contributed by atoms with E-state index in [0.717, 1.165) is 19.5 Å². The number of likely N-dealkylation sites (tertiary alicyclic amines) is 1. The van der Waals surface area contributed by atoms with Crippen LogP contribution >= 0.6 is 0 Å². The topological polar surface area (TPSA) is 78.9 Å². The summed E-state index contributed by atoms with van der Waals surface area (Å²) in [4.78, 5) is 26.5. The van der Waals surface area contributed by atoms with Crippen molar-refractivity contribution in [1.82, 2.24) is 10.4 Å². The molecule has 1 spiro atoms. The van der Waals surface area contributed by atoms with Crippen LogP contribution in [0.15, 0.2) is 54.6 Å². The van der Waals surface area contributed by atoms with E-state index in [9.17, 15) is 9.59 Å². The van der Waals surface area contributed by atoms with Crippen molar-refractivity contribution in [2.75, 3.05) is 6.54 Å². The summed E-state index contributed by atoms with van der Waals surface area (Å²) in [6.07, 6.45) is 3.91. The molecule has 2 aliphatic heterocycles. The Hall–Kier alpha value is -2.96. The molecule has 6 heteroatoms. The fourth-order valence-corrected chi connectivity index (χ4v) is 4.26. The van der Waals surface area contributed by atoms with Crippen LogP contribution in [0.2, 0.25) is 0 Å². The first-order chi connectivity index (χ1) is 14.0. The fourth-order valence-electron chi connectivity index (χ4n) is 4.26. The summed E-state index contributed by atoms with van der Waals surface area (Å²) >= 11 is 0. The zero-order chi connectivity index (χ0) is 20.4. The predicted octanol–water partition coefficient (Wildman–Crippen LogP) is 3.20. The van der Waals surface area contributed by atoms with E-state index in [2.05, 4.69) is 24.0 Å². The van der Waals surface area contributed by atoms with Gasteiger partial charge in [0.15, 0.2) is 5.78 Å². The summed E-state index contributed by atoms with van der Waals surface area (Å²) < 4.78 is 6.43. The molecule has 6 nitrogen and oxygen atoms in total. The second-order valence-corrected chi connectivity index (χ2v) is 7.71. The molecule has 1 fully saturated rings. The molecule has 29 heavy (non-hydrogen) atoms. The van der Waals surface area contributed by atoms with Crippen LogP contribution in [0.5, 0.6) is 5.75 Å². The van der Waals surface area contributed by atoms with Crippen LogP contribution in [0.3, 0.4) is 0 Å². The third kappa shape index (κ3) is 3.81. The quantitative estimate of drug-likeness (QED) is 0.475. The normalized spacial score (nSPS) is 23.9. The number of ether oxygens (including phenoxy) is 1. The van der Waals surface area contributed by atoms with Crippen LogP contribution < -0.4 is 10.2 Å². The molecule has 0 bridgehead atoms. The van der Waals surface area contributed by atoms with Crippen molar-refractivity contribution in [2.45, 2.75) is 38.0 Å². The van der Waals surface area contributed by atoms with Crippen LogP contribution in [0.25, 0.3) is 6.08 Å². The van der Waals surface area contributed by atoms with E-state index < -0.39 is 11.5 Å². The summed E-state index contributed by atoms with van der Waals surface area (Å²) in [5.41, 5.74) is 3.53. The minimum Gasteiger partial charge on any atom is -0.484 e. The number of Topliss-reactive ketones (excluding diaryl/α,β-unsaturated/α-hetero) is 1. The molecular weight excluding hydrogens is 368 g/mol. The fraction of sp³-hybridized carbons (Fsp3) is 0.304. The summed E-state index contributed by atoms with van der Waals surface area (Å²) in [5, 5.41) is 8.58. The van der Waals surface area contributed by atoms with E-state index in [-0.39, 0.29) is 11.8 Å². The average Bonchev–Trinajstić information content (AvgIpc) is 3.02. The van der Waals surface area contributed by atoms with Crippen LogP contribution in [0.4, 0.5) is 0 Å². The highest BCUT2D eigenvalue weighted by atomic mass is 16.5. The number of amides is 1. The van der Waals surface area contributed by atoms with Gasteiger partial charge in [-0.25, -0.2) is 5.48 Å². The second-order valence-electron chi connectivity index (χ2n) is 7.71. The van der Waals surface area contributed by atoms with E-state index in [1.165, 1.54) is 11.6 Å². The number of hydroxylamine groups is 1. The van der Waals surface area contributed by atoms with E-state index in [1.807, 2.05) is 18.2 Å². The van der Waals surface area contributed by atoms with Crippen LogP contribution in [-0.2, 0) is 11.3 Å². The summed E-state index contributed by atoms with van der Waals surface area (Å²) in [5.74, 6) is 0.0301. The van der Waals surface area contributed by atoms with Gasteiger partial charge in [-0.1, -0.05) is 36.4 Å². The van der Waals surface area contributed by atoms with Crippen molar-refractivity contribution in [3.8, 4) is 5.75 Å². The van der Waals surface area contributed by atoms with Gasteiger partial charge in [0.2, 0.25) is 0 Å². The number of carbonyl (C=O) groups excluding carboxylic acids is 2. The van der Waals surface area contributed by atoms with Gasteiger partial charge in [0.1, 0.15) is 11.4 Å². The highest BCUT2D eigenvalue weighted by molar-refractivity contribution is 6.01. The number of hydrogen-bond acceptors (Lipinski definition) is 5. The largest absolute Gasteiger partial charge is 0.484 e. The lowest BCUT2D eigenvalue weighted by molar-refractivity contribution is -0.124. The smallest absolute Gasteiger partial charge is 0.267 e. The molecule has 2 atom stereocenters. The first kappa shape index (κ1) is 19.4. The van der Waals surface area contributed by atoms with Gasteiger partial charge < -0.3 is 4.74 Å². The van der Waals surface area contributed by atoms with E-state index >= 15 is 0 Å². The Kier molecular flexibility index (Phi) is 5.22. The number of benzene rings is 2. The molecule has 2 aromatic carbocycles. The lowest BCUT2D eigenvalue weighted by atomic mass is 9.84. The molecule has 2 unspecified atom stereocenters. The number of ketones is 1. The van der Waals surface area contributed by atoms with Crippen molar-refractivity contribution in [3.05, 3.63) is 71.3 Å². The van der Waals surface area contributed by atoms with Crippen LogP contribution in [0, 0.1) is 0 Å². The minimum atomic E-state index is -0.623. The van der Waals surface area contributed by atoms with Crippen LogP contribution in [-0.4, -0.2) is 40.0 Å². The molecule has 150 valence electrons. The first-order valence-corrected chi connectivity index (χ1v) is 9.77. The van der Waals surface area contributed by atoms with E-state index in [4.69, 9.17) is 9.94 Å². The molecule has 0 radical (unpaired) electrons. The number of nitrogens with zero attached hydrogens (tertiary/aromatic N) is 1. The maximum absolute atomic E-state index is 13.0. The van der Waals surface area contributed by atoms with E-state index in [1.54, 1.807) is 29.8 Å². The molecule has 2 N–H and O–H groups in total. The molecule has 1 saturated heterocycles. The van der Waals surface area contributed by atoms with Crippen molar-refractivity contribution < 1.29 is 19.5 Å². The van der Waals surface area contributed by atoms with Gasteiger partial charge in [-0.05, 0) is 36.3 Å². The molecule has 4 rings (SSSR count). The first-order valence-electron chi connectivity index (χ1n) is 9.77. The average molecular weight is 392 g/mol. The van der Waals surface area contributed by atoms with Gasteiger partial charge in [0.25, 0.3) is 5.91 Å². The monoisotopic (exact) mass is 392 g/mol. The van der Waals surface area contributed by atoms with E-state index in [0.29, 0.717) is 23.3 Å². The number of nitrogens with one attached hydrogen (secondary N) is 1. The molecule has 0 aliphatic carbocycles. The molecule has 2 aromatic rings. The lowest BCUT2D eigenvalue weighted by Gasteiger charge is -2.39. The zero-order valence-corrected chi connectivity index (χ0v) is 16.3. The third-order valence-corrected chi connectivity index (χ3v) is 5.97. The summed E-state index contributed by atoms with van der Waals surface area (Å²) in [6.45, 7) is 3.86. The third-order valence-electron chi connectivity index (χ3n) is 5.97. The Balaban J connectivity index is 1.53. The van der Waals surface area contributed by atoms with Crippen molar-refractivity contribution >= 4 is 17.8 Å². The zero-order valence-electron chi connectivity index (χ0n) is 16.3. The standard InChI is InChI=1S/C23H24N2O4/c1-16-23(11-12-25(16)15-18-5-3-2-4-6-18)14-20(26)19-13-17(7-9-21(19)29-23)8-10-22(27)24-28/h2-10,13,16,28H,11-12,14-15H2,1H3,(H,24,27)/b10-8+. The lowest BCUT2D eigenvalue weighted by Crippen LogP contribution is -2.50. The van der Waals surface area contributed by atoms with Gasteiger partial charge >= 0.3 is 0 Å². The Bertz CT molecular complexity index is 957. The molecule has 1 amide bonds. The number of rotatable bonds is 4. The molecular formula is C23H24N2O4. The van der Waals surface area contributed by atoms with Crippen molar-refractivity contribution in [2.24, 2.45) is 0 Å². The molecule has 2 aliphatic rings. The van der Waals surface area contributed by atoms with Crippen LogP contribution in [0.1, 0.15) is 41.3 Å². The van der Waals surface area contributed by atoms with Gasteiger partial charge in [-0.3, -0.25) is 19.7 Å². The van der Waals surface area contributed by atoms with Gasteiger partial charge in [0, 0.05) is 31.6 Å². The van der Waals surface area contributed by atoms with Crippen molar-refractivity contribution in [3.63, 3.8) is 0 Å².